The van der Waals surface area contributed by atoms with Crippen molar-refractivity contribution >= 4 is 28.4 Å². The maximum Gasteiger partial charge on any atom is 0.160 e. The highest BCUT2D eigenvalue weighted by atomic mass is 32.1. The summed E-state index contributed by atoms with van der Waals surface area (Å²) in [7, 11) is 0. The number of anilines is 1. The number of hydrogen-bond donors (Lipinski definition) is 1. The second-order valence-electron chi connectivity index (χ2n) is 6.43. The van der Waals surface area contributed by atoms with Gasteiger partial charge in [0.25, 0.3) is 0 Å². The van der Waals surface area contributed by atoms with E-state index in [1.807, 2.05) is 6.07 Å². The molecule has 0 spiro atoms. The third-order valence-corrected chi connectivity index (χ3v) is 5.08. The van der Waals surface area contributed by atoms with Gasteiger partial charge in [0.1, 0.15) is 11.0 Å². The van der Waals surface area contributed by atoms with E-state index in [-0.39, 0.29) is 6.04 Å². The molecule has 0 saturated carbocycles. The lowest BCUT2D eigenvalue weighted by molar-refractivity contribution is 0.208. The van der Waals surface area contributed by atoms with Crippen molar-refractivity contribution in [2.24, 2.45) is 0 Å². The number of fused-ring (bicyclic) bond motifs is 1. The van der Waals surface area contributed by atoms with Crippen molar-refractivity contribution in [2.75, 3.05) is 18.4 Å². The zero-order chi connectivity index (χ0) is 17.2. The molecule has 3 aromatic rings. The number of piperidine rings is 1. The lowest BCUT2D eigenvalue weighted by Gasteiger charge is -2.33. The number of halogens is 2. The van der Waals surface area contributed by atoms with Crippen molar-refractivity contribution in [1.29, 1.82) is 0 Å². The molecule has 0 unspecified atom stereocenters. The molecule has 2 heterocycles. The predicted molar refractivity (Wildman–Crippen MR) is 95.7 cm³/mol. The summed E-state index contributed by atoms with van der Waals surface area (Å²) in [6.45, 7) is 2.75. The lowest BCUT2D eigenvalue weighted by atomic mass is 10.0. The van der Waals surface area contributed by atoms with Gasteiger partial charge in [0.05, 0.1) is 11.7 Å². The highest BCUT2D eigenvalue weighted by Crippen LogP contribution is 2.21. The smallest absolute Gasteiger partial charge is 0.160 e. The summed E-state index contributed by atoms with van der Waals surface area (Å²) in [6, 6.07) is 10.4. The SMILES string of the molecule is Fc1ccc(N[C@H]2CCCN(Cc3ccc4nsnc4c3)C2)cc1F. The van der Waals surface area contributed by atoms with Gasteiger partial charge in [0.15, 0.2) is 11.6 Å². The Morgan fingerprint density at radius 3 is 2.84 bits per heavy atom. The highest BCUT2D eigenvalue weighted by molar-refractivity contribution is 7.00. The summed E-state index contributed by atoms with van der Waals surface area (Å²) >= 11 is 1.23. The Balaban J connectivity index is 1.40. The maximum absolute atomic E-state index is 13.4. The standard InChI is InChI=1S/C18H18F2N4S/c19-15-5-4-13(9-16(15)20)21-14-2-1-7-24(11-14)10-12-3-6-17-18(8-12)23-25-22-17/h3-6,8-9,14,21H,1-2,7,10-11H2/t14-/m0/s1. The first-order valence-electron chi connectivity index (χ1n) is 8.32. The van der Waals surface area contributed by atoms with Crippen molar-refractivity contribution in [1.82, 2.24) is 13.6 Å². The molecule has 1 fully saturated rings. The van der Waals surface area contributed by atoms with E-state index in [1.54, 1.807) is 6.07 Å². The van der Waals surface area contributed by atoms with Crippen LogP contribution in [-0.4, -0.2) is 32.8 Å². The van der Waals surface area contributed by atoms with E-state index in [2.05, 4.69) is 31.1 Å². The van der Waals surface area contributed by atoms with Crippen molar-refractivity contribution in [3.05, 3.63) is 53.6 Å². The van der Waals surface area contributed by atoms with Gasteiger partial charge >= 0.3 is 0 Å². The molecule has 0 amide bonds. The largest absolute Gasteiger partial charge is 0.381 e. The van der Waals surface area contributed by atoms with E-state index in [9.17, 15) is 8.78 Å². The fraction of sp³-hybridized carbons (Fsp3) is 0.333. The van der Waals surface area contributed by atoms with Crippen LogP contribution in [0.25, 0.3) is 11.0 Å². The van der Waals surface area contributed by atoms with Crippen molar-refractivity contribution < 1.29 is 8.78 Å². The normalized spacial score (nSPS) is 18.6. The number of likely N-dealkylation sites (tertiary alicyclic amines) is 1. The number of aromatic nitrogens is 2. The van der Waals surface area contributed by atoms with Crippen molar-refractivity contribution in [3.63, 3.8) is 0 Å². The molecule has 1 N–H and O–H groups in total. The molecule has 25 heavy (non-hydrogen) atoms. The van der Waals surface area contributed by atoms with Crippen molar-refractivity contribution in [3.8, 4) is 0 Å². The summed E-state index contributed by atoms with van der Waals surface area (Å²) in [6.07, 6.45) is 2.09. The van der Waals surface area contributed by atoms with E-state index in [4.69, 9.17) is 0 Å². The molecule has 4 rings (SSSR count). The first kappa shape index (κ1) is 16.4. The Bertz CT molecular complexity index is 882. The van der Waals surface area contributed by atoms with Gasteiger partial charge in [-0.15, -0.1) is 0 Å². The van der Waals surface area contributed by atoms with Gasteiger partial charge in [-0.25, -0.2) is 8.78 Å². The van der Waals surface area contributed by atoms with Gasteiger partial charge in [0, 0.05) is 30.9 Å². The molecule has 1 atom stereocenters. The number of rotatable bonds is 4. The average molecular weight is 360 g/mol. The molecule has 0 bridgehead atoms. The number of nitrogens with one attached hydrogen (secondary N) is 1. The first-order valence-corrected chi connectivity index (χ1v) is 9.05. The van der Waals surface area contributed by atoms with Crippen LogP contribution in [0.15, 0.2) is 36.4 Å². The Labute approximate surface area is 148 Å². The van der Waals surface area contributed by atoms with Gasteiger partial charge in [-0.05, 0) is 49.2 Å². The van der Waals surface area contributed by atoms with Gasteiger partial charge < -0.3 is 5.32 Å². The minimum absolute atomic E-state index is 0.225. The summed E-state index contributed by atoms with van der Waals surface area (Å²) in [5.41, 5.74) is 3.72. The molecule has 4 nitrogen and oxygen atoms in total. The molecule has 130 valence electrons. The zero-order valence-corrected chi connectivity index (χ0v) is 14.4. The molecule has 0 aliphatic carbocycles. The van der Waals surface area contributed by atoms with E-state index < -0.39 is 11.6 Å². The van der Waals surface area contributed by atoms with E-state index in [0.717, 1.165) is 49.6 Å². The van der Waals surface area contributed by atoms with E-state index in [1.165, 1.54) is 23.4 Å². The van der Waals surface area contributed by atoms with Crippen LogP contribution in [0.2, 0.25) is 0 Å². The molecule has 7 heteroatoms. The number of nitrogens with zero attached hydrogens (tertiary/aromatic N) is 3. The Morgan fingerprint density at radius 2 is 1.96 bits per heavy atom. The van der Waals surface area contributed by atoms with Gasteiger partial charge in [-0.2, -0.15) is 8.75 Å². The molecule has 2 aromatic carbocycles. The fourth-order valence-corrected chi connectivity index (χ4v) is 3.84. The van der Waals surface area contributed by atoms with Gasteiger partial charge in [-0.1, -0.05) is 6.07 Å². The molecular weight excluding hydrogens is 342 g/mol. The Hall–Kier alpha value is -2.12. The summed E-state index contributed by atoms with van der Waals surface area (Å²) in [5.74, 6) is -1.63. The highest BCUT2D eigenvalue weighted by Gasteiger charge is 2.20. The Kier molecular flexibility index (Phi) is 4.59. The Morgan fingerprint density at radius 1 is 1.08 bits per heavy atom. The van der Waals surface area contributed by atoms with Gasteiger partial charge in [0.2, 0.25) is 0 Å². The maximum atomic E-state index is 13.4. The summed E-state index contributed by atoms with van der Waals surface area (Å²) < 4.78 is 34.9. The van der Waals surface area contributed by atoms with Crippen LogP contribution in [0.1, 0.15) is 18.4 Å². The topological polar surface area (TPSA) is 41.0 Å². The number of hydrogen-bond acceptors (Lipinski definition) is 5. The monoisotopic (exact) mass is 360 g/mol. The minimum Gasteiger partial charge on any atom is -0.381 e. The first-order chi connectivity index (χ1) is 12.2. The van der Waals surface area contributed by atoms with Crippen LogP contribution >= 0.6 is 11.7 Å². The average Bonchev–Trinajstić information content (AvgIpc) is 3.06. The second kappa shape index (κ2) is 7.01. The van der Waals surface area contributed by atoms with Crippen LogP contribution in [0.5, 0.6) is 0 Å². The summed E-state index contributed by atoms with van der Waals surface area (Å²) in [4.78, 5) is 2.38. The minimum atomic E-state index is -0.817. The van der Waals surface area contributed by atoms with Gasteiger partial charge in [-0.3, -0.25) is 4.90 Å². The zero-order valence-electron chi connectivity index (χ0n) is 13.6. The van der Waals surface area contributed by atoms with Crippen LogP contribution < -0.4 is 5.32 Å². The third kappa shape index (κ3) is 3.77. The number of benzene rings is 2. The van der Waals surface area contributed by atoms with Crippen LogP contribution in [0.3, 0.4) is 0 Å². The van der Waals surface area contributed by atoms with Crippen LogP contribution in [0, 0.1) is 11.6 Å². The molecule has 1 aliphatic heterocycles. The van der Waals surface area contributed by atoms with Crippen molar-refractivity contribution in [2.45, 2.75) is 25.4 Å². The third-order valence-electron chi connectivity index (χ3n) is 4.52. The molecular formula is C18H18F2N4S. The van der Waals surface area contributed by atoms with Crippen LogP contribution in [0.4, 0.5) is 14.5 Å². The summed E-state index contributed by atoms with van der Waals surface area (Å²) in [5, 5.41) is 3.32. The molecule has 1 saturated heterocycles. The lowest BCUT2D eigenvalue weighted by Crippen LogP contribution is -2.41. The molecule has 1 aromatic heterocycles. The van der Waals surface area contributed by atoms with Crippen LogP contribution in [-0.2, 0) is 6.54 Å². The van der Waals surface area contributed by atoms with E-state index >= 15 is 0 Å². The second-order valence-corrected chi connectivity index (χ2v) is 6.96. The molecule has 1 aliphatic rings. The quantitative estimate of drug-likeness (QED) is 0.762. The van der Waals surface area contributed by atoms with E-state index in [0.29, 0.717) is 5.69 Å². The molecule has 0 radical (unpaired) electrons. The predicted octanol–water partition coefficient (Wildman–Crippen LogP) is 4.05. The fourth-order valence-electron chi connectivity index (χ4n) is 3.32.